The number of aryl methyl sites for hydroxylation is 3. The van der Waals surface area contributed by atoms with Gasteiger partial charge in [0, 0.05) is 29.2 Å². The summed E-state index contributed by atoms with van der Waals surface area (Å²) in [7, 11) is 3.65. The van der Waals surface area contributed by atoms with Crippen LogP contribution in [-0.4, -0.2) is 29.0 Å². The Morgan fingerprint density at radius 2 is 1.86 bits per heavy atom. The molecule has 0 unspecified atom stereocenters. The SMILES string of the molecule is CCc1c(CCC(=O)O)n(C)c2ccc(OC)cc12.Cc1ccc(C=O)cc1. The second kappa shape index (κ2) is 9.74. The third-order valence-electron chi connectivity index (χ3n) is 4.79. The number of nitrogens with zero attached hydrogens (tertiary/aromatic N) is 1. The van der Waals surface area contributed by atoms with E-state index in [0.717, 1.165) is 40.6 Å². The number of fused-ring (bicyclic) bond motifs is 1. The molecule has 0 aliphatic heterocycles. The molecule has 1 heterocycles. The van der Waals surface area contributed by atoms with Gasteiger partial charge in [-0.15, -0.1) is 0 Å². The van der Waals surface area contributed by atoms with Gasteiger partial charge in [-0.3, -0.25) is 9.59 Å². The molecule has 3 aromatic rings. The van der Waals surface area contributed by atoms with Gasteiger partial charge < -0.3 is 14.4 Å². The number of benzene rings is 2. The van der Waals surface area contributed by atoms with Gasteiger partial charge in [-0.05, 0) is 43.5 Å². The molecule has 0 radical (unpaired) electrons. The Morgan fingerprint density at radius 1 is 1.18 bits per heavy atom. The highest BCUT2D eigenvalue weighted by molar-refractivity contribution is 5.87. The number of hydrogen-bond acceptors (Lipinski definition) is 3. The molecule has 0 spiro atoms. The number of carbonyl (C=O) groups is 2. The van der Waals surface area contributed by atoms with Crippen molar-refractivity contribution in [1.29, 1.82) is 0 Å². The number of carboxylic acid groups (broad SMARTS) is 1. The summed E-state index contributed by atoms with van der Waals surface area (Å²) in [4.78, 5) is 20.9. The number of aldehydes is 1. The summed E-state index contributed by atoms with van der Waals surface area (Å²) in [5, 5.41) is 10.0. The molecule has 0 aliphatic carbocycles. The zero-order valence-electron chi connectivity index (χ0n) is 16.9. The molecule has 2 aromatic carbocycles. The van der Waals surface area contributed by atoms with Crippen molar-refractivity contribution in [3.8, 4) is 5.75 Å². The maximum atomic E-state index is 10.8. The van der Waals surface area contributed by atoms with Gasteiger partial charge in [0.25, 0.3) is 0 Å². The van der Waals surface area contributed by atoms with E-state index < -0.39 is 5.97 Å². The van der Waals surface area contributed by atoms with E-state index in [1.807, 2.05) is 56.4 Å². The highest BCUT2D eigenvalue weighted by Crippen LogP contribution is 2.30. The molecule has 0 atom stereocenters. The predicted octanol–water partition coefficient (Wildman–Crippen LogP) is 4.57. The van der Waals surface area contributed by atoms with Crippen molar-refractivity contribution < 1.29 is 19.4 Å². The molecule has 3 rings (SSSR count). The van der Waals surface area contributed by atoms with Gasteiger partial charge in [0.05, 0.1) is 13.5 Å². The summed E-state index contributed by atoms with van der Waals surface area (Å²) < 4.78 is 7.36. The van der Waals surface area contributed by atoms with Crippen LogP contribution in [0.4, 0.5) is 0 Å². The molecule has 5 nitrogen and oxygen atoms in total. The molecule has 0 bridgehead atoms. The summed E-state index contributed by atoms with van der Waals surface area (Å²) >= 11 is 0. The first-order chi connectivity index (χ1) is 13.4. The minimum absolute atomic E-state index is 0.161. The number of ether oxygens (including phenoxy) is 1. The summed E-state index contributed by atoms with van der Waals surface area (Å²) in [6, 6.07) is 13.4. The maximum Gasteiger partial charge on any atom is 0.303 e. The summed E-state index contributed by atoms with van der Waals surface area (Å²) in [6.07, 6.45) is 2.46. The number of methoxy groups -OCH3 is 1. The summed E-state index contributed by atoms with van der Waals surface area (Å²) in [6.45, 7) is 4.09. The topological polar surface area (TPSA) is 68.5 Å². The number of aromatic nitrogens is 1. The van der Waals surface area contributed by atoms with E-state index in [9.17, 15) is 9.59 Å². The maximum absolute atomic E-state index is 10.8. The molecular formula is C23H27NO4. The Bertz CT molecular complexity index is 955. The first-order valence-corrected chi connectivity index (χ1v) is 9.29. The van der Waals surface area contributed by atoms with E-state index in [0.29, 0.717) is 6.42 Å². The second-order valence-electron chi connectivity index (χ2n) is 6.64. The summed E-state index contributed by atoms with van der Waals surface area (Å²) in [5.74, 6) is 0.0717. The van der Waals surface area contributed by atoms with Crippen LogP contribution in [0.5, 0.6) is 5.75 Å². The Kier molecular flexibility index (Phi) is 7.38. The lowest BCUT2D eigenvalue weighted by Gasteiger charge is -2.04. The average Bonchev–Trinajstić information content (AvgIpc) is 2.97. The third-order valence-corrected chi connectivity index (χ3v) is 4.79. The monoisotopic (exact) mass is 381 g/mol. The Morgan fingerprint density at radius 3 is 2.39 bits per heavy atom. The van der Waals surface area contributed by atoms with Gasteiger partial charge >= 0.3 is 5.97 Å². The van der Waals surface area contributed by atoms with Gasteiger partial charge in [-0.1, -0.05) is 36.8 Å². The first-order valence-electron chi connectivity index (χ1n) is 9.29. The minimum atomic E-state index is -0.759. The minimum Gasteiger partial charge on any atom is -0.497 e. The zero-order chi connectivity index (χ0) is 20.7. The molecule has 0 fully saturated rings. The lowest BCUT2D eigenvalue weighted by Crippen LogP contribution is -2.04. The highest BCUT2D eigenvalue weighted by atomic mass is 16.5. The van der Waals surface area contributed by atoms with Crippen LogP contribution in [0.2, 0.25) is 0 Å². The third kappa shape index (κ3) is 5.00. The molecule has 28 heavy (non-hydrogen) atoms. The fraction of sp³-hybridized carbons (Fsp3) is 0.304. The van der Waals surface area contributed by atoms with E-state index in [2.05, 4.69) is 11.5 Å². The Labute approximate surface area is 165 Å². The Hall–Kier alpha value is -3.08. The number of hydrogen-bond donors (Lipinski definition) is 1. The van der Waals surface area contributed by atoms with Gasteiger partial charge in [-0.25, -0.2) is 0 Å². The number of carboxylic acids is 1. The largest absolute Gasteiger partial charge is 0.497 e. The fourth-order valence-corrected chi connectivity index (χ4v) is 3.26. The molecule has 1 aromatic heterocycles. The molecule has 0 saturated heterocycles. The average molecular weight is 381 g/mol. The van der Waals surface area contributed by atoms with Crippen LogP contribution in [0.15, 0.2) is 42.5 Å². The van der Waals surface area contributed by atoms with Crippen molar-refractivity contribution in [1.82, 2.24) is 4.57 Å². The van der Waals surface area contributed by atoms with E-state index >= 15 is 0 Å². The zero-order valence-corrected chi connectivity index (χ0v) is 16.9. The van der Waals surface area contributed by atoms with Gasteiger partial charge in [-0.2, -0.15) is 0 Å². The van der Waals surface area contributed by atoms with Crippen LogP contribution in [0.3, 0.4) is 0 Å². The standard InChI is InChI=1S/C15H19NO3.C8H8O/c1-4-11-12-9-10(19-3)5-6-14(12)16(2)13(11)7-8-15(17)18;1-7-2-4-8(6-9)5-3-7/h5-6,9H,4,7-8H2,1-3H3,(H,17,18);2-6H,1H3. The van der Waals surface area contributed by atoms with Crippen molar-refractivity contribution >= 4 is 23.2 Å². The molecule has 0 amide bonds. The van der Waals surface area contributed by atoms with Crippen molar-refractivity contribution in [2.75, 3.05) is 7.11 Å². The lowest BCUT2D eigenvalue weighted by molar-refractivity contribution is -0.136. The molecule has 5 heteroatoms. The van der Waals surface area contributed by atoms with Crippen LogP contribution < -0.4 is 4.74 Å². The molecule has 0 aliphatic rings. The van der Waals surface area contributed by atoms with Crippen LogP contribution in [0, 0.1) is 6.92 Å². The van der Waals surface area contributed by atoms with Crippen molar-refractivity contribution in [3.63, 3.8) is 0 Å². The highest BCUT2D eigenvalue weighted by Gasteiger charge is 2.15. The predicted molar refractivity (Wildman–Crippen MR) is 111 cm³/mol. The van der Waals surface area contributed by atoms with Crippen LogP contribution in [-0.2, 0) is 24.7 Å². The number of aliphatic carboxylic acids is 1. The second-order valence-corrected chi connectivity index (χ2v) is 6.64. The first kappa shape index (κ1) is 21.2. The molecule has 1 N–H and O–H groups in total. The van der Waals surface area contributed by atoms with Gasteiger partial charge in [0.15, 0.2) is 0 Å². The number of carbonyl (C=O) groups excluding carboxylic acids is 1. The quantitative estimate of drug-likeness (QED) is 0.635. The van der Waals surface area contributed by atoms with Crippen LogP contribution in [0.25, 0.3) is 10.9 Å². The van der Waals surface area contributed by atoms with Crippen LogP contribution in [0.1, 0.15) is 40.5 Å². The van der Waals surface area contributed by atoms with Crippen molar-refractivity contribution in [2.24, 2.45) is 7.05 Å². The lowest BCUT2D eigenvalue weighted by atomic mass is 10.1. The molecular weight excluding hydrogens is 354 g/mol. The molecule has 0 saturated carbocycles. The number of rotatable bonds is 6. The van der Waals surface area contributed by atoms with Gasteiger partial charge in [0.2, 0.25) is 0 Å². The van der Waals surface area contributed by atoms with E-state index in [1.165, 1.54) is 11.1 Å². The van der Waals surface area contributed by atoms with E-state index in [-0.39, 0.29) is 6.42 Å². The summed E-state index contributed by atoms with van der Waals surface area (Å²) in [5.41, 5.74) is 5.37. The van der Waals surface area contributed by atoms with E-state index in [4.69, 9.17) is 9.84 Å². The van der Waals surface area contributed by atoms with Gasteiger partial charge in [0.1, 0.15) is 12.0 Å². The normalized spacial score (nSPS) is 10.3. The van der Waals surface area contributed by atoms with Crippen molar-refractivity contribution in [2.45, 2.75) is 33.1 Å². The smallest absolute Gasteiger partial charge is 0.303 e. The Balaban J connectivity index is 0.000000261. The van der Waals surface area contributed by atoms with E-state index in [1.54, 1.807) is 7.11 Å². The van der Waals surface area contributed by atoms with Crippen LogP contribution >= 0.6 is 0 Å². The fourth-order valence-electron chi connectivity index (χ4n) is 3.26. The van der Waals surface area contributed by atoms with Crippen molar-refractivity contribution in [3.05, 3.63) is 64.8 Å². The molecule has 148 valence electrons.